The van der Waals surface area contributed by atoms with E-state index in [1.165, 1.54) is 50.5 Å². The van der Waals surface area contributed by atoms with Crippen LogP contribution >= 0.6 is 0 Å². The second kappa shape index (κ2) is 51.2. The van der Waals surface area contributed by atoms with Crippen molar-refractivity contribution in [1.82, 2.24) is 70.2 Å². The Hall–Kier alpha value is -18.7. The predicted molar refractivity (Wildman–Crippen MR) is 553 cm³/mol. The lowest BCUT2D eigenvalue weighted by atomic mass is 9.97. The number of piperidine rings is 1. The molecule has 150 heavy (non-hydrogen) atoms. The predicted octanol–water partition coefficient (Wildman–Crippen LogP) is 11.3. The topological polar surface area (TPSA) is 547 Å². The third-order valence-corrected chi connectivity index (χ3v) is 25.1. The summed E-state index contributed by atoms with van der Waals surface area (Å²) in [5, 5.41) is 28.5. The molecular formula is C108H111N19O23. The number of aliphatic carboxylic acids is 1. The second-order valence-corrected chi connectivity index (χ2v) is 34.9. The minimum absolute atomic E-state index is 0.0435. The van der Waals surface area contributed by atoms with Crippen LogP contribution in [-0.4, -0.2) is 301 Å². The summed E-state index contributed by atoms with van der Waals surface area (Å²) in [6, 6.07) is 53.1. The van der Waals surface area contributed by atoms with Crippen LogP contribution in [0.1, 0.15) is 145 Å². The third kappa shape index (κ3) is 26.7. The van der Waals surface area contributed by atoms with E-state index in [0.717, 1.165) is 11.1 Å². The minimum Gasteiger partial charge on any atom is -0.474 e. The summed E-state index contributed by atoms with van der Waals surface area (Å²) in [7, 11) is 0. The van der Waals surface area contributed by atoms with E-state index in [2.05, 4.69) is 62.0 Å². The maximum atomic E-state index is 13.3. The van der Waals surface area contributed by atoms with Gasteiger partial charge in [0.25, 0.3) is 64.5 Å². The van der Waals surface area contributed by atoms with Crippen molar-refractivity contribution in [1.29, 1.82) is 0 Å². The molecule has 4 aliphatic heterocycles. The summed E-state index contributed by atoms with van der Waals surface area (Å²) in [5.41, 5.74) is 8.03. The molecule has 14 amide bonds. The molecule has 4 aromatic heterocycles. The van der Waals surface area contributed by atoms with Gasteiger partial charge in [-0.05, 0) is 121 Å². The lowest BCUT2D eigenvalue weighted by molar-refractivity contribution is -0.147. The average molecular weight is 2040 g/mol. The molecule has 16 rings (SSSR count). The highest BCUT2D eigenvalue weighted by Gasteiger charge is 2.40. The van der Waals surface area contributed by atoms with Gasteiger partial charge in [-0.3, -0.25) is 71.9 Å². The number of H-pyrrole nitrogens is 4. The first-order valence-electron chi connectivity index (χ1n) is 48.4. The number of nitrogens with zero attached hydrogens (tertiary/aromatic N) is 8. The smallest absolute Gasteiger partial charge is 0.394 e. The van der Waals surface area contributed by atoms with Crippen molar-refractivity contribution in [2.24, 2.45) is 0 Å². The summed E-state index contributed by atoms with van der Waals surface area (Å²) in [5.74, 6) is -9.92. The number of para-hydroxylation sites is 4. The van der Waals surface area contributed by atoms with Gasteiger partial charge in [0.05, 0.1) is 106 Å². The van der Waals surface area contributed by atoms with Gasteiger partial charge in [0, 0.05) is 166 Å². The molecule has 12 aromatic rings. The Labute approximate surface area is 859 Å². The van der Waals surface area contributed by atoms with E-state index in [9.17, 15) is 91.1 Å². The lowest BCUT2D eigenvalue weighted by Gasteiger charge is -2.39. The number of Topliss-reactive ketones (excluding diaryl/α,β-unsaturated/α-hetero) is 4. The number of fused-ring (bicyclic) bond motifs is 4. The van der Waals surface area contributed by atoms with Gasteiger partial charge in [0.1, 0.15) is 6.54 Å². The molecule has 0 aliphatic carbocycles. The Morgan fingerprint density at radius 1 is 0.347 bits per heavy atom. The standard InChI is InChI=1S/C29H29N5O5.C28H31N5O6.C27H29N5O6.C24H22N4O6/c1-3-39-24(35)12-15-31-29(38)33-23-11-7-10-21-22(18-32-26(21)23)27(36)28(37)34-16-13-20(14-17-34)25(30-2)19-8-5-4-6-9-19;1-3-39-23(34)12-13-29-28(38)31-22-11-7-10-20-21(16-30-24(20)22)25(35)27(37)33-15-14-32(17-18(33)2)26(36)19-8-5-4-6-9-19;1-3-38-22(33)15-29-27(37)30-21-11-7-10-19-20(14-28-23(19)21)24(34)26(36)32-13-12-31(16-17(32)2)25(35)18-8-5-4-6-9-18;1-14-13-27(22(31)15-6-3-2-4-7-15)10-11-28(14)23(32)20(29)17-12-25-19-16(17)8-5-9-18(19)26-21(30)24(33)34/h4-11,18,32H,3,12-17H2,1H3,(H2,31,33,38);4-11,16,18,30H,3,12-15,17H2,1-2H3,(H2,29,31,38);4-11,14,17,28H,3,12-13,15-16H2,1-2H3,(H2,29,30,37);2-9,12,14,25H,10-11,13H2,1H3,(H,26,30)(H,33,34)/t;18-;17-;14-/m.111/s1. The van der Waals surface area contributed by atoms with Crippen molar-refractivity contribution in [2.75, 3.05) is 133 Å². The summed E-state index contributed by atoms with van der Waals surface area (Å²) in [6.07, 6.45) is 6.87. The maximum Gasteiger partial charge on any atom is 0.394 e. The van der Waals surface area contributed by atoms with Crippen LogP contribution in [0.15, 0.2) is 224 Å². The minimum atomic E-state index is -1.64. The van der Waals surface area contributed by atoms with Gasteiger partial charge in [-0.1, -0.05) is 139 Å². The van der Waals surface area contributed by atoms with E-state index in [4.69, 9.17) is 25.9 Å². The van der Waals surface area contributed by atoms with Gasteiger partial charge in [-0.15, -0.1) is 0 Å². The molecule has 8 aromatic carbocycles. The quantitative estimate of drug-likeness (QED) is 0.00748. The molecule has 4 fully saturated rings. The molecule has 42 nitrogen and oxygen atoms in total. The number of esters is 3. The molecule has 776 valence electrons. The van der Waals surface area contributed by atoms with Gasteiger partial charge < -0.3 is 111 Å². The molecule has 3 atom stereocenters. The number of urea groups is 3. The number of hydrogen-bond acceptors (Lipinski definition) is 22. The van der Waals surface area contributed by atoms with Crippen molar-refractivity contribution in [3.05, 3.63) is 280 Å². The number of aromatic nitrogens is 4. The number of likely N-dealkylation sites (tertiary alicyclic amines) is 1. The number of carbonyl (C=O) groups excluding carboxylic acids is 18. The van der Waals surface area contributed by atoms with Crippen LogP contribution in [0.2, 0.25) is 0 Å². The van der Waals surface area contributed by atoms with E-state index in [1.54, 1.807) is 182 Å². The number of ether oxygens (including phenoxy) is 3. The Morgan fingerprint density at radius 3 is 0.940 bits per heavy atom. The maximum absolute atomic E-state index is 13.3. The number of piperazine rings is 3. The van der Waals surface area contributed by atoms with Crippen molar-refractivity contribution in [3.63, 3.8) is 0 Å². The number of aromatic amines is 4. The van der Waals surface area contributed by atoms with E-state index in [0.29, 0.717) is 148 Å². The number of carboxylic acid groups (broad SMARTS) is 1. The first-order valence-corrected chi connectivity index (χ1v) is 48.4. The van der Waals surface area contributed by atoms with Gasteiger partial charge in [-0.2, -0.15) is 0 Å². The molecule has 12 N–H and O–H groups in total. The molecule has 0 radical (unpaired) electrons. The number of hydrogen-bond donors (Lipinski definition) is 12. The third-order valence-electron chi connectivity index (χ3n) is 25.1. The fourth-order valence-corrected chi connectivity index (χ4v) is 17.6. The number of rotatable bonds is 27. The van der Waals surface area contributed by atoms with Crippen LogP contribution < -0.4 is 37.2 Å². The fourth-order valence-electron chi connectivity index (χ4n) is 17.6. The summed E-state index contributed by atoms with van der Waals surface area (Å²) in [6.45, 7) is 22.1. The Kier molecular flexibility index (Phi) is 37.0. The zero-order valence-electron chi connectivity index (χ0n) is 82.9. The van der Waals surface area contributed by atoms with Crippen molar-refractivity contribution >= 4 is 184 Å². The van der Waals surface area contributed by atoms with Gasteiger partial charge in [0.15, 0.2) is 5.70 Å². The van der Waals surface area contributed by atoms with E-state index in [1.807, 2.05) is 62.4 Å². The van der Waals surface area contributed by atoms with Crippen LogP contribution in [0.4, 0.5) is 37.1 Å². The number of nitrogens with one attached hydrogen (secondary N) is 11. The first kappa shape index (κ1) is 109. The van der Waals surface area contributed by atoms with Gasteiger partial charge in [-0.25, -0.2) is 24.0 Å². The van der Waals surface area contributed by atoms with E-state index in [-0.39, 0.29) is 136 Å². The zero-order chi connectivity index (χ0) is 107. The molecule has 8 heterocycles. The molecule has 4 aliphatic rings. The fraction of sp³-hybridized carbons (Fsp3) is 0.278. The molecule has 0 unspecified atom stereocenters. The van der Waals surface area contributed by atoms with Crippen molar-refractivity contribution in [3.8, 4) is 0 Å². The number of ketones is 4. The van der Waals surface area contributed by atoms with Crippen LogP contribution in [0.5, 0.6) is 0 Å². The molecular weight excluding hydrogens is 1930 g/mol. The Bertz CT molecular complexity index is 7200. The summed E-state index contributed by atoms with van der Waals surface area (Å²) in [4.78, 5) is 264. The van der Waals surface area contributed by atoms with Crippen LogP contribution in [-0.2, 0) is 57.4 Å². The molecule has 4 saturated heterocycles. The van der Waals surface area contributed by atoms with E-state index >= 15 is 0 Å². The summed E-state index contributed by atoms with van der Waals surface area (Å²) < 4.78 is 14.4. The normalized spacial score (nSPS) is 14.7. The van der Waals surface area contributed by atoms with Gasteiger partial charge >= 0.3 is 47.9 Å². The Balaban J connectivity index is 0.000000167. The van der Waals surface area contributed by atoms with Crippen LogP contribution in [0.25, 0.3) is 54.2 Å². The number of anilines is 4. The number of carboxylic acids is 1. The molecule has 0 spiro atoms. The van der Waals surface area contributed by atoms with Gasteiger partial charge in [0.2, 0.25) is 0 Å². The van der Waals surface area contributed by atoms with Crippen molar-refractivity contribution in [2.45, 2.75) is 85.4 Å². The Morgan fingerprint density at radius 2 is 0.640 bits per heavy atom. The number of carbonyl (C=O) groups is 19. The van der Waals surface area contributed by atoms with Crippen molar-refractivity contribution < 1.29 is 110 Å². The average Bonchev–Trinajstić information content (AvgIpc) is 1.65. The molecule has 42 heteroatoms. The summed E-state index contributed by atoms with van der Waals surface area (Å²) >= 11 is 0. The molecule has 0 saturated carbocycles. The second-order valence-electron chi connectivity index (χ2n) is 34.9. The lowest BCUT2D eigenvalue weighted by Crippen LogP contribution is -2.56. The highest BCUT2D eigenvalue weighted by molar-refractivity contribution is 6.47. The van der Waals surface area contributed by atoms with Crippen LogP contribution in [0.3, 0.4) is 0 Å². The van der Waals surface area contributed by atoms with E-state index < -0.39 is 94.6 Å². The number of benzene rings is 8. The monoisotopic (exact) mass is 2040 g/mol. The SMILES string of the molecule is CCOC(=O)CCNC(=O)Nc1cccc2c(C(=O)C(=O)N3CCN(C(=O)c4ccccc4)C[C@H]3C)c[nH]c12.CCOC(=O)CNC(=O)Nc1cccc2c(C(=O)C(=O)N3CCN(C(=O)c4ccccc4)C[C@H]3C)c[nH]c12.C[C@@H]1CN(C(=O)c2ccccc2)CCN1C(=O)C(=O)c1c[nH]c2c(NC(=O)C(=O)O)cccc12.[C-]#[N+]C(=C1CCN(C(=O)C(=O)c2c[nH]c3c(NC(=O)NCCC(=O)OCC)cccc23)CC1)c1ccccc1. The van der Waals surface area contributed by atoms with Crippen LogP contribution in [0, 0.1) is 6.57 Å². The number of amides is 14. The largest absolute Gasteiger partial charge is 0.474 e. The molecule has 0 bridgehead atoms. The highest BCUT2D eigenvalue weighted by atomic mass is 16.5. The first-order chi connectivity index (χ1) is 72.3. The zero-order valence-corrected chi connectivity index (χ0v) is 82.9. The highest BCUT2D eigenvalue weighted by Crippen LogP contribution is 2.35.